The summed E-state index contributed by atoms with van der Waals surface area (Å²) in [5, 5.41) is -0.184. The van der Waals surface area contributed by atoms with E-state index in [4.69, 9.17) is 5.73 Å². The van der Waals surface area contributed by atoms with Gasteiger partial charge in [0.1, 0.15) is 0 Å². The van der Waals surface area contributed by atoms with E-state index >= 15 is 0 Å². The Kier molecular flexibility index (Phi) is 3.36. The number of benzene rings is 1. The predicted molar refractivity (Wildman–Crippen MR) is 83.2 cm³/mol. The van der Waals surface area contributed by atoms with E-state index in [1.54, 1.807) is 0 Å². The molecule has 2 aliphatic rings. The van der Waals surface area contributed by atoms with Crippen LogP contribution in [0.2, 0.25) is 0 Å². The average molecular weight is 291 g/mol. The summed E-state index contributed by atoms with van der Waals surface area (Å²) in [4.78, 5) is 0. The van der Waals surface area contributed by atoms with Gasteiger partial charge in [-0.25, -0.2) is 8.42 Å². The van der Waals surface area contributed by atoms with E-state index in [-0.39, 0.29) is 5.25 Å². The lowest BCUT2D eigenvalue weighted by Crippen LogP contribution is -2.24. The van der Waals surface area contributed by atoms with Crippen LogP contribution in [0.4, 0.5) is 5.69 Å². The number of rotatable bonds is 1. The van der Waals surface area contributed by atoms with Crippen LogP contribution in [0, 0.1) is 0 Å². The van der Waals surface area contributed by atoms with Crippen LogP contribution in [0.1, 0.15) is 43.2 Å². The van der Waals surface area contributed by atoms with Gasteiger partial charge in [-0.15, -0.1) is 0 Å². The number of aryl methyl sites for hydroxylation is 1. The molecule has 1 aromatic carbocycles. The summed E-state index contributed by atoms with van der Waals surface area (Å²) in [6.07, 6.45) is 7.00. The molecule has 0 radical (unpaired) electrons. The average Bonchev–Trinajstić information content (AvgIpc) is 2.80. The molecule has 1 aromatic rings. The Morgan fingerprint density at radius 1 is 1.20 bits per heavy atom. The molecule has 20 heavy (non-hydrogen) atoms. The number of fused-ring (bicyclic) bond motifs is 1. The Morgan fingerprint density at radius 2 is 2.00 bits per heavy atom. The zero-order chi connectivity index (χ0) is 14.3. The summed E-state index contributed by atoms with van der Waals surface area (Å²) in [5.74, 6) is 0. The van der Waals surface area contributed by atoms with Gasteiger partial charge in [-0.1, -0.05) is 11.6 Å². The minimum atomic E-state index is -2.93. The number of nitrogen functional groups attached to an aromatic ring is 1. The highest BCUT2D eigenvalue weighted by atomic mass is 32.2. The van der Waals surface area contributed by atoms with Crippen molar-refractivity contribution in [3.63, 3.8) is 0 Å². The van der Waals surface area contributed by atoms with Gasteiger partial charge in [0.05, 0.1) is 5.25 Å². The monoisotopic (exact) mass is 291 g/mol. The highest BCUT2D eigenvalue weighted by molar-refractivity contribution is 7.91. The molecular formula is C16H21NO2S. The van der Waals surface area contributed by atoms with E-state index in [1.807, 2.05) is 6.07 Å². The summed E-state index contributed by atoms with van der Waals surface area (Å²) in [7, 11) is -2.93. The normalized spacial score (nSPS) is 26.6. The third kappa shape index (κ3) is 2.49. The predicted octanol–water partition coefficient (Wildman–Crippen LogP) is 2.96. The van der Waals surface area contributed by atoms with Gasteiger partial charge in [-0.05, 0) is 67.4 Å². The van der Waals surface area contributed by atoms with E-state index in [2.05, 4.69) is 12.1 Å². The molecule has 0 amide bonds. The van der Waals surface area contributed by atoms with Gasteiger partial charge in [-0.3, -0.25) is 0 Å². The summed E-state index contributed by atoms with van der Waals surface area (Å²) in [6, 6.07) is 6.10. The molecule has 0 spiro atoms. The third-order valence-corrected chi connectivity index (χ3v) is 6.22. The van der Waals surface area contributed by atoms with Gasteiger partial charge in [0.2, 0.25) is 0 Å². The molecule has 0 bridgehead atoms. The topological polar surface area (TPSA) is 60.2 Å². The largest absolute Gasteiger partial charge is 0.399 e. The van der Waals surface area contributed by atoms with E-state index in [1.165, 1.54) is 28.5 Å². The molecule has 3 rings (SSSR count). The van der Waals surface area contributed by atoms with Gasteiger partial charge in [0.25, 0.3) is 0 Å². The fraction of sp³-hybridized carbons (Fsp3) is 0.500. The molecule has 4 heteroatoms. The van der Waals surface area contributed by atoms with Crippen LogP contribution in [-0.2, 0) is 16.3 Å². The van der Waals surface area contributed by atoms with E-state index < -0.39 is 9.84 Å². The molecular weight excluding hydrogens is 270 g/mol. The molecule has 2 N–H and O–H groups in total. The van der Waals surface area contributed by atoms with Gasteiger partial charge in [-0.2, -0.15) is 0 Å². The van der Waals surface area contributed by atoms with Crippen LogP contribution in [0.3, 0.4) is 0 Å². The Bertz CT molecular complexity index is 674. The van der Waals surface area contributed by atoms with Gasteiger partial charge >= 0.3 is 0 Å². The number of nitrogens with two attached hydrogens (primary N) is 1. The second-order valence-electron chi connectivity index (χ2n) is 6.05. The van der Waals surface area contributed by atoms with Crippen molar-refractivity contribution in [1.82, 2.24) is 0 Å². The first kappa shape index (κ1) is 13.7. The smallest absolute Gasteiger partial charge is 0.150 e. The van der Waals surface area contributed by atoms with Crippen LogP contribution in [0.5, 0.6) is 0 Å². The van der Waals surface area contributed by atoms with Crippen LogP contribution < -0.4 is 5.73 Å². The van der Waals surface area contributed by atoms with Crippen molar-refractivity contribution in [2.75, 3.05) is 12.0 Å². The highest BCUT2D eigenvalue weighted by Gasteiger charge is 2.29. The van der Waals surface area contributed by atoms with Crippen LogP contribution in [0.15, 0.2) is 23.8 Å². The number of sulfone groups is 1. The minimum Gasteiger partial charge on any atom is -0.399 e. The maximum Gasteiger partial charge on any atom is 0.150 e. The maximum atomic E-state index is 11.8. The Balaban J connectivity index is 1.97. The van der Waals surface area contributed by atoms with Crippen molar-refractivity contribution >= 4 is 21.1 Å². The van der Waals surface area contributed by atoms with Gasteiger partial charge in [0.15, 0.2) is 9.84 Å². The van der Waals surface area contributed by atoms with Gasteiger partial charge in [0, 0.05) is 11.9 Å². The molecule has 0 aliphatic heterocycles. The SMILES string of the molecule is CS(=O)(=O)C1CCC/C(=C2/CCc3cc(N)ccc32)C1. The standard InChI is InChI=1S/C16H21NO2S/c1-20(18,19)14-4-2-3-11(10-14)15-7-5-12-9-13(17)6-8-16(12)15/h6,8-9,14H,2-5,7,10,17H2,1H3/b15-11+. The maximum absolute atomic E-state index is 11.8. The third-order valence-electron chi connectivity index (χ3n) is 4.61. The summed E-state index contributed by atoms with van der Waals surface area (Å²) in [6.45, 7) is 0. The second-order valence-corrected chi connectivity index (χ2v) is 8.37. The Hall–Kier alpha value is -1.29. The quantitative estimate of drug-likeness (QED) is 0.809. The van der Waals surface area contributed by atoms with Gasteiger partial charge < -0.3 is 5.73 Å². The van der Waals surface area contributed by atoms with Crippen molar-refractivity contribution in [3.05, 3.63) is 34.9 Å². The lowest BCUT2D eigenvalue weighted by Gasteiger charge is -2.24. The molecule has 1 fully saturated rings. The first-order valence-electron chi connectivity index (χ1n) is 7.23. The molecule has 2 aliphatic carbocycles. The lowest BCUT2D eigenvalue weighted by atomic mass is 9.88. The zero-order valence-corrected chi connectivity index (χ0v) is 12.7. The molecule has 0 aromatic heterocycles. The zero-order valence-electron chi connectivity index (χ0n) is 11.9. The first-order valence-corrected chi connectivity index (χ1v) is 9.19. The summed E-state index contributed by atoms with van der Waals surface area (Å²) >= 11 is 0. The summed E-state index contributed by atoms with van der Waals surface area (Å²) < 4.78 is 23.6. The van der Waals surface area contributed by atoms with Crippen molar-refractivity contribution < 1.29 is 8.42 Å². The Morgan fingerprint density at radius 3 is 2.75 bits per heavy atom. The number of hydrogen-bond acceptors (Lipinski definition) is 3. The number of allylic oxidation sites excluding steroid dienone is 2. The van der Waals surface area contributed by atoms with Crippen molar-refractivity contribution in [3.8, 4) is 0 Å². The fourth-order valence-electron chi connectivity index (χ4n) is 3.54. The summed E-state index contributed by atoms with van der Waals surface area (Å²) in [5.41, 5.74) is 12.0. The molecule has 108 valence electrons. The Labute approximate surface area is 120 Å². The molecule has 1 atom stereocenters. The molecule has 0 saturated heterocycles. The highest BCUT2D eigenvalue weighted by Crippen LogP contribution is 2.40. The second kappa shape index (κ2) is 4.92. The van der Waals surface area contributed by atoms with Crippen molar-refractivity contribution in [2.24, 2.45) is 0 Å². The van der Waals surface area contributed by atoms with Crippen LogP contribution in [-0.4, -0.2) is 19.9 Å². The molecule has 1 unspecified atom stereocenters. The fourth-order valence-corrected chi connectivity index (χ4v) is 4.64. The van der Waals surface area contributed by atoms with Crippen molar-refractivity contribution in [2.45, 2.75) is 43.8 Å². The van der Waals surface area contributed by atoms with E-state index in [9.17, 15) is 8.42 Å². The molecule has 0 heterocycles. The molecule has 3 nitrogen and oxygen atoms in total. The van der Waals surface area contributed by atoms with Crippen LogP contribution >= 0.6 is 0 Å². The first-order chi connectivity index (χ1) is 9.45. The van der Waals surface area contributed by atoms with E-state index in [0.29, 0.717) is 0 Å². The lowest BCUT2D eigenvalue weighted by molar-refractivity contribution is 0.544. The number of anilines is 1. The van der Waals surface area contributed by atoms with Crippen LogP contribution in [0.25, 0.3) is 5.57 Å². The van der Waals surface area contributed by atoms with Crippen molar-refractivity contribution in [1.29, 1.82) is 0 Å². The minimum absolute atomic E-state index is 0.184. The number of hydrogen-bond donors (Lipinski definition) is 1. The molecule has 1 saturated carbocycles. The van der Waals surface area contributed by atoms with E-state index in [0.717, 1.165) is 44.2 Å².